The lowest BCUT2D eigenvalue weighted by molar-refractivity contribution is -0.246. The van der Waals surface area contributed by atoms with Crippen molar-refractivity contribution in [3.8, 4) is 0 Å². The molecule has 7 unspecified atom stereocenters. The Balaban J connectivity index is 1.54. The molecule has 0 radical (unpaired) electrons. The van der Waals surface area contributed by atoms with Crippen molar-refractivity contribution >= 4 is 0 Å². The molecule has 0 aromatic rings. The van der Waals surface area contributed by atoms with Crippen molar-refractivity contribution < 1.29 is 5.11 Å². The van der Waals surface area contributed by atoms with Crippen LogP contribution >= 0.6 is 0 Å². The van der Waals surface area contributed by atoms with Crippen LogP contribution in [0, 0.1) is 56.7 Å². The Kier molecular flexibility index (Phi) is 4.82. The minimum atomic E-state index is -0.118. The van der Waals surface area contributed by atoms with E-state index in [1.807, 2.05) is 0 Å². The van der Waals surface area contributed by atoms with Crippen LogP contribution in [0.5, 0.6) is 0 Å². The third-order valence-electron chi connectivity index (χ3n) is 13.5. The van der Waals surface area contributed by atoms with E-state index in [2.05, 4.69) is 55.0 Å². The van der Waals surface area contributed by atoms with Gasteiger partial charge in [0.05, 0.1) is 6.10 Å². The van der Waals surface area contributed by atoms with Gasteiger partial charge in [-0.3, -0.25) is 0 Å². The second kappa shape index (κ2) is 6.64. The lowest BCUT2D eigenvalue weighted by Gasteiger charge is -2.73. The Hall–Kier alpha value is -0.300. The molecule has 0 aromatic heterocycles. The minimum absolute atomic E-state index is 0.0632. The molecule has 10 atom stereocenters. The van der Waals surface area contributed by atoms with Crippen molar-refractivity contribution in [3.05, 3.63) is 12.2 Å². The molecule has 5 aliphatic carbocycles. The second-order valence-corrected chi connectivity index (χ2v) is 14.7. The second-order valence-electron chi connectivity index (χ2n) is 14.7. The first-order chi connectivity index (χ1) is 14.3. The number of rotatable bonds is 1. The van der Waals surface area contributed by atoms with E-state index in [1.165, 1.54) is 63.4 Å². The molecule has 0 aliphatic heterocycles. The molecule has 5 saturated carbocycles. The average molecular weight is 427 g/mol. The van der Waals surface area contributed by atoms with E-state index in [0.29, 0.717) is 27.6 Å². The number of allylic oxidation sites excluding steroid dienone is 1. The molecule has 0 heterocycles. The van der Waals surface area contributed by atoms with Crippen LogP contribution < -0.4 is 0 Å². The Bertz CT molecular complexity index is 766. The molecule has 0 aromatic carbocycles. The Morgan fingerprint density at radius 3 is 2.13 bits per heavy atom. The van der Waals surface area contributed by atoms with Gasteiger partial charge < -0.3 is 5.11 Å². The molecule has 1 nitrogen and oxygen atoms in total. The molecular weight excluding hydrogens is 376 g/mol. The van der Waals surface area contributed by atoms with Gasteiger partial charge in [-0.1, -0.05) is 53.7 Å². The maximum Gasteiger partial charge on any atom is 0.0594 e. The summed E-state index contributed by atoms with van der Waals surface area (Å²) in [4.78, 5) is 0. The zero-order chi connectivity index (χ0) is 22.6. The monoisotopic (exact) mass is 426 g/mol. The van der Waals surface area contributed by atoms with Crippen molar-refractivity contribution in [1.29, 1.82) is 0 Å². The standard InChI is InChI=1S/C30H50O/c1-19(2)20-11-14-27(5)17-18-29(7)21(25(20)27)9-10-23-28(6)15-13-24(31)26(3,4)22(28)12-16-30(23,29)8/h20-25,31H,1,9-18H2,2-8H3/t20?,21?,22-,23?,24?,25+,27?,28?,29+,30?/m0/s1. The lowest BCUT2D eigenvalue weighted by atomic mass is 9.32. The molecule has 0 amide bonds. The average Bonchev–Trinajstić information content (AvgIpc) is 3.04. The van der Waals surface area contributed by atoms with Crippen LogP contribution in [0.3, 0.4) is 0 Å². The first-order valence-corrected chi connectivity index (χ1v) is 13.6. The van der Waals surface area contributed by atoms with Crippen molar-refractivity contribution in [2.45, 2.75) is 119 Å². The molecule has 176 valence electrons. The number of hydrogen-bond donors (Lipinski definition) is 1. The summed E-state index contributed by atoms with van der Waals surface area (Å²) >= 11 is 0. The summed E-state index contributed by atoms with van der Waals surface area (Å²) in [5.41, 5.74) is 3.38. The number of aliphatic hydroxyl groups is 1. The van der Waals surface area contributed by atoms with Crippen LogP contribution in [0.1, 0.15) is 113 Å². The zero-order valence-electron chi connectivity index (χ0n) is 21.7. The van der Waals surface area contributed by atoms with E-state index in [0.717, 1.165) is 30.1 Å². The lowest BCUT2D eigenvalue weighted by Crippen LogP contribution is -2.66. The van der Waals surface area contributed by atoms with Gasteiger partial charge >= 0.3 is 0 Å². The number of aliphatic hydroxyl groups excluding tert-OH is 1. The molecule has 31 heavy (non-hydrogen) atoms. The molecule has 1 N–H and O–H groups in total. The number of fused-ring (bicyclic) bond motifs is 7. The van der Waals surface area contributed by atoms with Gasteiger partial charge in [-0.2, -0.15) is 0 Å². The predicted octanol–water partition coefficient (Wildman–Crippen LogP) is 8.02. The maximum atomic E-state index is 10.9. The van der Waals surface area contributed by atoms with Crippen LogP contribution in [0.25, 0.3) is 0 Å². The van der Waals surface area contributed by atoms with Gasteiger partial charge in [0.1, 0.15) is 0 Å². The molecule has 5 fully saturated rings. The van der Waals surface area contributed by atoms with Gasteiger partial charge in [0, 0.05) is 0 Å². The highest BCUT2D eigenvalue weighted by molar-refractivity contribution is 5.21. The van der Waals surface area contributed by atoms with Crippen LogP contribution in [0.2, 0.25) is 0 Å². The molecule has 1 heteroatoms. The smallest absolute Gasteiger partial charge is 0.0594 e. The van der Waals surface area contributed by atoms with Crippen LogP contribution in [0.15, 0.2) is 12.2 Å². The fourth-order valence-electron chi connectivity index (χ4n) is 11.5. The maximum absolute atomic E-state index is 10.9. The summed E-state index contributed by atoms with van der Waals surface area (Å²) in [6, 6.07) is 0. The third-order valence-corrected chi connectivity index (χ3v) is 13.5. The van der Waals surface area contributed by atoms with E-state index >= 15 is 0 Å². The summed E-state index contributed by atoms with van der Waals surface area (Å²) in [5.74, 6) is 3.98. The fraction of sp³-hybridized carbons (Fsp3) is 0.933. The summed E-state index contributed by atoms with van der Waals surface area (Å²) in [5, 5.41) is 10.9. The molecule has 5 rings (SSSR count). The highest BCUT2D eigenvalue weighted by atomic mass is 16.3. The van der Waals surface area contributed by atoms with E-state index in [4.69, 9.17) is 0 Å². The molecule has 0 bridgehead atoms. The van der Waals surface area contributed by atoms with Crippen LogP contribution in [-0.4, -0.2) is 11.2 Å². The quantitative estimate of drug-likeness (QED) is 0.421. The van der Waals surface area contributed by atoms with Crippen molar-refractivity contribution in [2.24, 2.45) is 56.7 Å². The number of hydrogen-bond acceptors (Lipinski definition) is 1. The Morgan fingerprint density at radius 2 is 1.45 bits per heavy atom. The first-order valence-electron chi connectivity index (χ1n) is 13.6. The van der Waals surface area contributed by atoms with E-state index < -0.39 is 0 Å². The van der Waals surface area contributed by atoms with Crippen molar-refractivity contribution in [1.82, 2.24) is 0 Å². The van der Waals surface area contributed by atoms with E-state index in [-0.39, 0.29) is 11.5 Å². The molecule has 0 spiro atoms. The topological polar surface area (TPSA) is 20.2 Å². The Morgan fingerprint density at radius 1 is 0.742 bits per heavy atom. The third kappa shape index (κ3) is 2.65. The van der Waals surface area contributed by atoms with Gasteiger partial charge in [-0.05, 0) is 128 Å². The fourth-order valence-corrected chi connectivity index (χ4v) is 11.5. The molecule has 0 saturated heterocycles. The van der Waals surface area contributed by atoms with E-state index in [9.17, 15) is 5.11 Å². The summed E-state index contributed by atoms with van der Waals surface area (Å²) in [6.07, 6.45) is 13.4. The van der Waals surface area contributed by atoms with Crippen molar-refractivity contribution in [3.63, 3.8) is 0 Å². The zero-order valence-corrected chi connectivity index (χ0v) is 21.7. The highest BCUT2D eigenvalue weighted by Gasteiger charge is 2.70. The molecular formula is C30H50O. The Labute approximate surface area is 192 Å². The first kappa shape index (κ1) is 22.5. The van der Waals surface area contributed by atoms with Gasteiger partial charge in [0.15, 0.2) is 0 Å². The predicted molar refractivity (Wildman–Crippen MR) is 131 cm³/mol. The summed E-state index contributed by atoms with van der Waals surface area (Å²) in [7, 11) is 0. The SMILES string of the molecule is C=C(C)C1CCC2(C)CC[C@]3(C)C(CCC4C5(C)CCC(O)C(C)(C)[C@@H]5CCC43C)[C@@H]12. The summed E-state index contributed by atoms with van der Waals surface area (Å²) in [6.45, 7) is 22.3. The molecule has 5 aliphatic rings. The van der Waals surface area contributed by atoms with Crippen LogP contribution in [0.4, 0.5) is 0 Å². The van der Waals surface area contributed by atoms with Gasteiger partial charge in [-0.15, -0.1) is 0 Å². The van der Waals surface area contributed by atoms with Gasteiger partial charge in [0.2, 0.25) is 0 Å². The normalized spacial score (nSPS) is 57.9. The van der Waals surface area contributed by atoms with Crippen molar-refractivity contribution in [2.75, 3.05) is 0 Å². The van der Waals surface area contributed by atoms with E-state index in [1.54, 1.807) is 0 Å². The summed E-state index contributed by atoms with van der Waals surface area (Å²) < 4.78 is 0. The highest BCUT2D eigenvalue weighted by Crippen LogP contribution is 2.77. The minimum Gasteiger partial charge on any atom is -0.393 e. The largest absolute Gasteiger partial charge is 0.393 e. The van der Waals surface area contributed by atoms with Crippen LogP contribution in [-0.2, 0) is 0 Å². The van der Waals surface area contributed by atoms with Gasteiger partial charge in [0.25, 0.3) is 0 Å². The van der Waals surface area contributed by atoms with Gasteiger partial charge in [-0.25, -0.2) is 0 Å².